The lowest BCUT2D eigenvalue weighted by atomic mass is 10.2. The van der Waals surface area contributed by atoms with Gasteiger partial charge in [0.05, 0.1) is 0 Å². The fourth-order valence-corrected chi connectivity index (χ4v) is 3.21. The van der Waals surface area contributed by atoms with E-state index in [9.17, 15) is 17.6 Å². The number of alkyl halides is 3. The van der Waals surface area contributed by atoms with Crippen LogP contribution in [0.2, 0.25) is 0 Å². The number of benzene rings is 2. The Morgan fingerprint density at radius 3 is 2.50 bits per heavy atom. The normalized spacial score (nSPS) is 11.5. The average Bonchev–Trinajstić information content (AvgIpc) is 2.67. The summed E-state index contributed by atoms with van der Waals surface area (Å²) in [7, 11) is 0. The van der Waals surface area contributed by atoms with E-state index in [1.54, 1.807) is 36.4 Å². The maximum atomic E-state index is 13.7. The quantitative estimate of drug-likeness (QED) is 0.273. The van der Waals surface area contributed by atoms with Crippen molar-refractivity contribution < 1.29 is 22.3 Å². The number of aryl methyl sites for hydroxylation is 1. The van der Waals surface area contributed by atoms with Crippen molar-refractivity contribution in [3.63, 3.8) is 0 Å². The van der Waals surface area contributed by atoms with Gasteiger partial charge >= 0.3 is 6.18 Å². The predicted molar refractivity (Wildman–Crippen MR) is 98.9 cm³/mol. The van der Waals surface area contributed by atoms with Crippen LogP contribution in [-0.4, -0.2) is 9.97 Å². The van der Waals surface area contributed by atoms with Crippen molar-refractivity contribution >= 4 is 11.8 Å². The Bertz CT molecular complexity index is 963. The first-order valence-corrected chi connectivity index (χ1v) is 9.43. The van der Waals surface area contributed by atoms with Crippen LogP contribution in [-0.2, 0) is 18.3 Å². The number of hydrogen-bond acceptors (Lipinski definition) is 4. The average molecular weight is 408 g/mol. The molecule has 0 unspecified atom stereocenters. The summed E-state index contributed by atoms with van der Waals surface area (Å²) in [6, 6.07) is 13.8. The topological polar surface area (TPSA) is 35.0 Å². The summed E-state index contributed by atoms with van der Waals surface area (Å²) in [5, 5.41) is -0.139. The molecular formula is C20H16F4N2OS. The van der Waals surface area contributed by atoms with Crippen LogP contribution in [0.5, 0.6) is 11.6 Å². The Morgan fingerprint density at radius 2 is 1.79 bits per heavy atom. The first-order chi connectivity index (χ1) is 13.3. The molecule has 146 valence electrons. The van der Waals surface area contributed by atoms with E-state index in [0.717, 1.165) is 29.8 Å². The smallest absolute Gasteiger partial charge is 0.433 e. The third kappa shape index (κ3) is 5.22. The Kier molecular flexibility index (Phi) is 6.18. The van der Waals surface area contributed by atoms with Crippen LogP contribution in [0.4, 0.5) is 17.6 Å². The SMILES string of the molecule is CCc1cccc(Oc2cc(C(F)(F)F)nc(SCc3ccccc3F)n2)c1. The molecule has 8 heteroatoms. The van der Waals surface area contributed by atoms with Crippen molar-refractivity contribution in [1.29, 1.82) is 0 Å². The highest BCUT2D eigenvalue weighted by Gasteiger charge is 2.34. The second-order valence-electron chi connectivity index (χ2n) is 5.85. The molecule has 1 heterocycles. The standard InChI is InChI=1S/C20H16F4N2OS/c1-2-13-6-5-8-15(10-13)27-18-11-17(20(22,23)24)25-19(26-18)28-12-14-7-3-4-9-16(14)21/h3-11H,2,12H2,1H3. The molecule has 3 aromatic rings. The van der Waals surface area contributed by atoms with Crippen LogP contribution in [0, 0.1) is 5.82 Å². The van der Waals surface area contributed by atoms with Gasteiger partial charge in [-0.2, -0.15) is 18.2 Å². The van der Waals surface area contributed by atoms with Crippen LogP contribution in [0.1, 0.15) is 23.7 Å². The monoisotopic (exact) mass is 408 g/mol. The molecule has 0 atom stereocenters. The largest absolute Gasteiger partial charge is 0.439 e. The van der Waals surface area contributed by atoms with E-state index in [1.165, 1.54) is 6.07 Å². The molecule has 3 rings (SSSR count). The van der Waals surface area contributed by atoms with Crippen LogP contribution in [0.3, 0.4) is 0 Å². The zero-order valence-corrected chi connectivity index (χ0v) is 15.6. The predicted octanol–water partition coefficient (Wildman–Crippen LogP) is 6.28. The minimum atomic E-state index is -4.65. The van der Waals surface area contributed by atoms with Crippen LogP contribution >= 0.6 is 11.8 Å². The summed E-state index contributed by atoms with van der Waals surface area (Å²) in [5.41, 5.74) is 0.226. The van der Waals surface area contributed by atoms with Crippen molar-refractivity contribution in [2.75, 3.05) is 0 Å². The fourth-order valence-electron chi connectivity index (χ4n) is 2.37. The van der Waals surface area contributed by atoms with Gasteiger partial charge in [0.15, 0.2) is 10.9 Å². The number of ether oxygens (including phenoxy) is 1. The number of rotatable bonds is 6. The molecule has 0 fully saturated rings. The van der Waals surface area contributed by atoms with E-state index in [4.69, 9.17) is 4.74 Å². The molecule has 0 saturated carbocycles. The van der Waals surface area contributed by atoms with Gasteiger partial charge in [0.2, 0.25) is 5.88 Å². The third-order valence-electron chi connectivity index (χ3n) is 3.82. The van der Waals surface area contributed by atoms with Gasteiger partial charge in [-0.05, 0) is 35.7 Å². The molecule has 0 amide bonds. The zero-order valence-electron chi connectivity index (χ0n) is 14.8. The van der Waals surface area contributed by atoms with E-state index in [2.05, 4.69) is 9.97 Å². The minimum Gasteiger partial charge on any atom is -0.439 e. The summed E-state index contributed by atoms with van der Waals surface area (Å²) in [6.45, 7) is 1.96. The fraction of sp³-hybridized carbons (Fsp3) is 0.200. The number of aromatic nitrogens is 2. The lowest BCUT2D eigenvalue weighted by Gasteiger charge is -2.11. The van der Waals surface area contributed by atoms with Gasteiger partial charge in [-0.1, -0.05) is 49.0 Å². The molecule has 1 aromatic heterocycles. The van der Waals surface area contributed by atoms with E-state index in [-0.39, 0.29) is 16.8 Å². The maximum Gasteiger partial charge on any atom is 0.433 e. The molecule has 0 spiro atoms. The molecule has 0 aliphatic rings. The van der Waals surface area contributed by atoms with E-state index in [0.29, 0.717) is 11.3 Å². The van der Waals surface area contributed by atoms with Crippen LogP contribution in [0.25, 0.3) is 0 Å². The summed E-state index contributed by atoms with van der Waals surface area (Å²) < 4.78 is 58.9. The highest BCUT2D eigenvalue weighted by atomic mass is 32.2. The molecule has 2 aromatic carbocycles. The molecular weight excluding hydrogens is 392 g/mol. The molecule has 0 aliphatic heterocycles. The van der Waals surface area contributed by atoms with Crippen LogP contribution < -0.4 is 4.74 Å². The summed E-state index contributed by atoms with van der Waals surface area (Å²) in [4.78, 5) is 7.60. The molecule has 0 N–H and O–H groups in total. The van der Waals surface area contributed by atoms with Gasteiger partial charge in [-0.15, -0.1) is 0 Å². The lowest BCUT2D eigenvalue weighted by molar-refractivity contribution is -0.141. The Balaban J connectivity index is 1.87. The first kappa shape index (κ1) is 20.1. The van der Waals surface area contributed by atoms with Crippen molar-refractivity contribution in [2.24, 2.45) is 0 Å². The first-order valence-electron chi connectivity index (χ1n) is 8.44. The highest BCUT2D eigenvalue weighted by molar-refractivity contribution is 7.98. The Labute approximate surface area is 163 Å². The maximum absolute atomic E-state index is 13.7. The Hall–Kier alpha value is -2.61. The van der Waals surface area contributed by atoms with E-state index in [1.807, 2.05) is 13.0 Å². The molecule has 0 aliphatic carbocycles. The summed E-state index contributed by atoms with van der Waals surface area (Å²) in [6.07, 6.45) is -3.89. The van der Waals surface area contributed by atoms with Crippen LogP contribution in [0.15, 0.2) is 59.8 Å². The lowest BCUT2D eigenvalue weighted by Crippen LogP contribution is -2.10. The van der Waals surface area contributed by atoms with Gasteiger partial charge in [-0.25, -0.2) is 9.37 Å². The van der Waals surface area contributed by atoms with Crippen molar-refractivity contribution in [3.8, 4) is 11.6 Å². The zero-order chi connectivity index (χ0) is 20.1. The molecule has 0 bridgehead atoms. The molecule has 3 nitrogen and oxygen atoms in total. The van der Waals surface area contributed by atoms with Crippen molar-refractivity contribution in [1.82, 2.24) is 9.97 Å². The number of nitrogens with zero attached hydrogens (tertiary/aromatic N) is 2. The second-order valence-corrected chi connectivity index (χ2v) is 6.80. The van der Waals surface area contributed by atoms with Crippen molar-refractivity contribution in [2.45, 2.75) is 30.4 Å². The summed E-state index contributed by atoms with van der Waals surface area (Å²) in [5.74, 6) is -0.170. The van der Waals surface area contributed by atoms with E-state index >= 15 is 0 Å². The van der Waals surface area contributed by atoms with Gasteiger partial charge in [-0.3, -0.25) is 0 Å². The number of thioether (sulfide) groups is 1. The van der Waals surface area contributed by atoms with E-state index < -0.39 is 17.7 Å². The summed E-state index contributed by atoms with van der Waals surface area (Å²) >= 11 is 0.908. The Morgan fingerprint density at radius 1 is 1.00 bits per heavy atom. The van der Waals surface area contributed by atoms with Gasteiger partial charge in [0, 0.05) is 11.8 Å². The molecule has 0 radical (unpaired) electrons. The number of halogens is 4. The number of hydrogen-bond donors (Lipinski definition) is 0. The van der Waals surface area contributed by atoms with Crippen molar-refractivity contribution in [3.05, 3.63) is 77.2 Å². The third-order valence-corrected chi connectivity index (χ3v) is 4.71. The molecule has 0 saturated heterocycles. The van der Waals surface area contributed by atoms with Gasteiger partial charge in [0.1, 0.15) is 11.6 Å². The molecule has 28 heavy (non-hydrogen) atoms. The second kappa shape index (κ2) is 8.60. The van der Waals surface area contributed by atoms with Gasteiger partial charge in [0.25, 0.3) is 0 Å². The highest BCUT2D eigenvalue weighted by Crippen LogP contribution is 2.33. The minimum absolute atomic E-state index is 0.0960. The van der Waals surface area contributed by atoms with Gasteiger partial charge < -0.3 is 4.74 Å².